The lowest BCUT2D eigenvalue weighted by Gasteiger charge is -2.42. The average molecular weight is 521 g/mol. The molecule has 1 aromatic heterocycles. The lowest BCUT2D eigenvalue weighted by Crippen LogP contribution is -2.70. The van der Waals surface area contributed by atoms with Gasteiger partial charge >= 0.3 is 6.03 Å². The number of carbonyl (C=O) groups excluding carboxylic acids is 3. The molecule has 2 saturated heterocycles. The van der Waals surface area contributed by atoms with E-state index in [0.29, 0.717) is 41.8 Å². The van der Waals surface area contributed by atoms with Crippen LogP contribution in [0.2, 0.25) is 0 Å². The van der Waals surface area contributed by atoms with Crippen LogP contribution in [0.1, 0.15) is 41.4 Å². The van der Waals surface area contributed by atoms with Crippen molar-refractivity contribution in [1.82, 2.24) is 25.4 Å². The molecule has 4 aliphatic heterocycles. The number of benzene rings is 1. The zero-order valence-corrected chi connectivity index (χ0v) is 21.8. The monoisotopic (exact) mass is 520 g/mol. The number of ether oxygens (including phenoxy) is 2. The summed E-state index contributed by atoms with van der Waals surface area (Å²) in [5.41, 5.74) is -0.607. The summed E-state index contributed by atoms with van der Waals surface area (Å²) in [6.07, 6.45) is 2.37. The molecule has 0 radical (unpaired) electrons. The van der Waals surface area contributed by atoms with Gasteiger partial charge in [-0.2, -0.15) is 0 Å². The third-order valence-corrected chi connectivity index (χ3v) is 8.31. The molecule has 0 spiro atoms. The minimum Gasteiger partial charge on any atom is -0.497 e. The van der Waals surface area contributed by atoms with Gasteiger partial charge in [0.05, 0.1) is 19.3 Å². The van der Waals surface area contributed by atoms with Gasteiger partial charge < -0.3 is 29.9 Å². The molecule has 2 aromatic rings. The van der Waals surface area contributed by atoms with Gasteiger partial charge in [0.2, 0.25) is 0 Å². The summed E-state index contributed by atoms with van der Waals surface area (Å²) >= 11 is 0. The predicted molar refractivity (Wildman–Crippen MR) is 138 cm³/mol. The Kier molecular flexibility index (Phi) is 5.71. The number of piperidine rings is 1. The number of imide groups is 1. The van der Waals surface area contributed by atoms with E-state index in [4.69, 9.17) is 14.5 Å². The van der Waals surface area contributed by atoms with Crippen molar-refractivity contribution >= 4 is 23.7 Å². The van der Waals surface area contributed by atoms with Crippen LogP contribution in [0.25, 0.3) is 0 Å². The lowest BCUT2D eigenvalue weighted by molar-refractivity contribution is -0.132. The van der Waals surface area contributed by atoms with Crippen molar-refractivity contribution in [2.24, 2.45) is 0 Å². The largest absolute Gasteiger partial charge is 0.497 e. The summed E-state index contributed by atoms with van der Waals surface area (Å²) < 4.78 is 11.7. The van der Waals surface area contributed by atoms with E-state index in [0.717, 1.165) is 37.3 Å². The Hall–Kier alpha value is -3.86. The van der Waals surface area contributed by atoms with Crippen LogP contribution in [0.3, 0.4) is 0 Å². The van der Waals surface area contributed by atoms with Crippen LogP contribution in [-0.2, 0) is 17.8 Å². The van der Waals surface area contributed by atoms with Crippen LogP contribution in [-0.4, -0.2) is 83.6 Å². The standard InChI is InChI=1S/C27H32N6O5/c1-26(13-20-21(38-26)6-7-22(29-20)28-17-8-10-32(2)11-9-17)27(24(35)30-25(36)31-27)15-33-14-16-4-5-18(37-3)12-19(16)23(33)34/h4-7,12,17H,8-11,13-15H2,1-3H3,(H,28,29)(H2,30,31,35,36). The number of fused-ring (bicyclic) bond motifs is 2. The SMILES string of the molecule is COc1ccc2c(c1)C(=O)N(CC1(C3(C)Cc4nc(NC5CCN(C)CC5)ccc4O3)NC(=O)NC1=O)C2. The fraction of sp³-hybridized carbons (Fsp3) is 0.481. The average Bonchev–Trinajstić information content (AvgIpc) is 3.51. The molecule has 38 heavy (non-hydrogen) atoms. The first-order valence-electron chi connectivity index (χ1n) is 12.9. The molecule has 11 heteroatoms. The molecule has 3 N–H and O–H groups in total. The number of rotatable bonds is 6. The lowest BCUT2D eigenvalue weighted by atomic mass is 9.78. The highest BCUT2D eigenvalue weighted by Gasteiger charge is 2.64. The number of nitrogens with zero attached hydrogens (tertiary/aromatic N) is 3. The molecule has 5 heterocycles. The Bertz CT molecular complexity index is 1330. The van der Waals surface area contributed by atoms with Gasteiger partial charge in [0.25, 0.3) is 11.8 Å². The minimum absolute atomic E-state index is 0.0500. The summed E-state index contributed by atoms with van der Waals surface area (Å²) in [7, 11) is 3.67. The molecule has 200 valence electrons. The number of anilines is 1. The van der Waals surface area contributed by atoms with Crippen molar-refractivity contribution in [3.05, 3.63) is 47.2 Å². The molecule has 6 rings (SSSR count). The Labute approximate surface area is 220 Å². The van der Waals surface area contributed by atoms with Crippen molar-refractivity contribution in [2.45, 2.75) is 49.9 Å². The number of carbonyl (C=O) groups is 3. The number of hydrogen-bond donors (Lipinski definition) is 3. The van der Waals surface area contributed by atoms with Gasteiger partial charge in [-0.15, -0.1) is 0 Å². The van der Waals surface area contributed by atoms with Crippen LogP contribution in [0.4, 0.5) is 10.6 Å². The maximum absolute atomic E-state index is 13.4. The van der Waals surface area contributed by atoms with E-state index in [1.165, 1.54) is 0 Å². The van der Waals surface area contributed by atoms with Crippen molar-refractivity contribution in [3.63, 3.8) is 0 Å². The molecule has 0 bridgehead atoms. The Morgan fingerprint density at radius 1 is 1.18 bits per heavy atom. The highest BCUT2D eigenvalue weighted by Crippen LogP contribution is 2.43. The molecule has 11 nitrogen and oxygen atoms in total. The normalized spacial score (nSPS) is 27.0. The number of hydrogen-bond acceptors (Lipinski definition) is 8. The van der Waals surface area contributed by atoms with Crippen molar-refractivity contribution in [2.75, 3.05) is 39.1 Å². The van der Waals surface area contributed by atoms with E-state index in [2.05, 4.69) is 27.9 Å². The highest BCUT2D eigenvalue weighted by molar-refractivity contribution is 6.09. The molecule has 4 aliphatic rings. The second kappa shape index (κ2) is 8.87. The molecule has 0 aliphatic carbocycles. The van der Waals surface area contributed by atoms with E-state index in [-0.39, 0.29) is 12.5 Å². The van der Waals surface area contributed by atoms with Crippen molar-refractivity contribution in [3.8, 4) is 11.5 Å². The number of likely N-dealkylation sites (tertiary alicyclic amines) is 1. The van der Waals surface area contributed by atoms with Crippen LogP contribution in [0.15, 0.2) is 30.3 Å². The zero-order valence-electron chi connectivity index (χ0n) is 21.8. The summed E-state index contributed by atoms with van der Waals surface area (Å²) in [5.74, 6) is 1.16. The van der Waals surface area contributed by atoms with Crippen LogP contribution >= 0.6 is 0 Å². The summed E-state index contributed by atoms with van der Waals surface area (Å²) in [6.45, 7) is 4.13. The van der Waals surface area contributed by atoms with Gasteiger partial charge in [-0.1, -0.05) is 6.07 Å². The number of amides is 4. The third-order valence-electron chi connectivity index (χ3n) is 8.31. The second-order valence-electron chi connectivity index (χ2n) is 10.9. The molecule has 0 saturated carbocycles. The van der Waals surface area contributed by atoms with Gasteiger partial charge in [-0.05, 0) is 69.7 Å². The molecule has 4 amide bonds. The quantitative estimate of drug-likeness (QED) is 0.490. The maximum atomic E-state index is 13.4. The minimum atomic E-state index is -1.51. The van der Waals surface area contributed by atoms with Gasteiger partial charge in [0, 0.05) is 24.6 Å². The third kappa shape index (κ3) is 3.92. The topological polar surface area (TPSA) is 125 Å². The Balaban J connectivity index is 1.26. The smallest absolute Gasteiger partial charge is 0.322 e. The number of aromatic nitrogens is 1. The number of methoxy groups -OCH3 is 1. The van der Waals surface area contributed by atoms with Crippen molar-refractivity contribution < 1.29 is 23.9 Å². The second-order valence-corrected chi connectivity index (χ2v) is 10.9. The van der Waals surface area contributed by atoms with Gasteiger partial charge in [0.15, 0.2) is 5.54 Å². The van der Waals surface area contributed by atoms with Crippen LogP contribution < -0.4 is 25.4 Å². The predicted octanol–water partition coefficient (Wildman–Crippen LogP) is 1.52. The first kappa shape index (κ1) is 24.5. The summed E-state index contributed by atoms with van der Waals surface area (Å²) in [4.78, 5) is 47.9. The van der Waals surface area contributed by atoms with Gasteiger partial charge in [-0.3, -0.25) is 14.9 Å². The first-order chi connectivity index (χ1) is 18.2. The maximum Gasteiger partial charge on any atom is 0.322 e. The fourth-order valence-corrected chi connectivity index (χ4v) is 6.01. The highest BCUT2D eigenvalue weighted by atomic mass is 16.5. The van der Waals surface area contributed by atoms with E-state index >= 15 is 0 Å². The number of pyridine rings is 1. The molecule has 2 fully saturated rings. The first-order valence-corrected chi connectivity index (χ1v) is 12.9. The molecule has 1 aromatic carbocycles. The van der Waals surface area contributed by atoms with Crippen LogP contribution in [0.5, 0.6) is 11.5 Å². The summed E-state index contributed by atoms with van der Waals surface area (Å²) in [6, 6.07) is 8.82. The fourth-order valence-electron chi connectivity index (χ4n) is 6.01. The van der Waals surface area contributed by atoms with E-state index in [1.807, 2.05) is 18.2 Å². The Morgan fingerprint density at radius 2 is 1.97 bits per heavy atom. The molecule has 2 unspecified atom stereocenters. The molecular weight excluding hydrogens is 488 g/mol. The molecule has 2 atom stereocenters. The van der Waals surface area contributed by atoms with E-state index < -0.39 is 23.1 Å². The van der Waals surface area contributed by atoms with Gasteiger partial charge in [-0.25, -0.2) is 9.78 Å². The molecular formula is C27H32N6O5. The summed E-state index contributed by atoms with van der Waals surface area (Å²) in [5, 5.41) is 8.73. The number of urea groups is 1. The van der Waals surface area contributed by atoms with Crippen molar-refractivity contribution in [1.29, 1.82) is 0 Å². The van der Waals surface area contributed by atoms with E-state index in [9.17, 15) is 14.4 Å². The zero-order chi connectivity index (χ0) is 26.7. The number of nitrogens with one attached hydrogen (secondary N) is 3. The van der Waals surface area contributed by atoms with Gasteiger partial charge in [0.1, 0.15) is 22.9 Å². The van der Waals surface area contributed by atoms with Crippen LogP contribution in [0, 0.1) is 0 Å². The Morgan fingerprint density at radius 3 is 2.68 bits per heavy atom. The van der Waals surface area contributed by atoms with E-state index in [1.54, 1.807) is 31.1 Å².